The number of anilines is 1. The molecule has 30 heavy (non-hydrogen) atoms. The van der Waals surface area contributed by atoms with Gasteiger partial charge < -0.3 is 15.0 Å². The summed E-state index contributed by atoms with van der Waals surface area (Å²) in [4.78, 5) is 30.0. The van der Waals surface area contributed by atoms with E-state index in [0.717, 1.165) is 16.8 Å². The minimum absolute atomic E-state index is 0.00496. The average Bonchev–Trinajstić information content (AvgIpc) is 3.17. The summed E-state index contributed by atoms with van der Waals surface area (Å²) in [6, 6.07) is 19.1. The number of nitrogens with one attached hydrogen (secondary N) is 2. The lowest BCUT2D eigenvalue weighted by Crippen LogP contribution is -2.20. The number of fused-ring (bicyclic) bond motifs is 1. The monoisotopic (exact) mass is 402 g/mol. The lowest BCUT2D eigenvalue weighted by atomic mass is 10.2. The summed E-state index contributed by atoms with van der Waals surface area (Å²) >= 11 is 0. The van der Waals surface area contributed by atoms with Gasteiger partial charge in [-0.1, -0.05) is 17.7 Å². The predicted molar refractivity (Wildman–Crippen MR) is 113 cm³/mol. The van der Waals surface area contributed by atoms with Gasteiger partial charge in [-0.25, -0.2) is 4.98 Å². The third-order valence-electron chi connectivity index (χ3n) is 4.51. The second-order valence-corrected chi connectivity index (χ2v) is 6.77. The van der Waals surface area contributed by atoms with Crippen LogP contribution in [0.1, 0.15) is 5.56 Å². The van der Waals surface area contributed by atoms with Crippen molar-refractivity contribution in [1.82, 2.24) is 9.97 Å². The molecule has 1 amide bonds. The van der Waals surface area contributed by atoms with Crippen LogP contribution in [-0.4, -0.2) is 27.4 Å². The van der Waals surface area contributed by atoms with Crippen molar-refractivity contribution in [2.75, 3.05) is 11.9 Å². The van der Waals surface area contributed by atoms with Crippen molar-refractivity contribution in [3.63, 3.8) is 0 Å². The van der Waals surface area contributed by atoms with Crippen LogP contribution < -0.4 is 10.1 Å². The SMILES string of the molecule is Cc1ccc(NC(=O)COc2ccc(-c3nc4ccc([N+](=O)[O-])cc4[nH]3)cc2)cc1. The Hall–Kier alpha value is -4.20. The van der Waals surface area contributed by atoms with Gasteiger partial charge in [0.2, 0.25) is 0 Å². The Labute approximate surface area is 171 Å². The van der Waals surface area contributed by atoms with Crippen LogP contribution >= 0.6 is 0 Å². The number of H-pyrrole nitrogens is 1. The van der Waals surface area contributed by atoms with E-state index < -0.39 is 4.92 Å². The van der Waals surface area contributed by atoms with E-state index in [1.54, 1.807) is 30.3 Å². The number of ether oxygens (including phenoxy) is 1. The Morgan fingerprint density at radius 3 is 2.53 bits per heavy atom. The Morgan fingerprint density at radius 1 is 1.10 bits per heavy atom. The van der Waals surface area contributed by atoms with Crippen LogP contribution in [0.3, 0.4) is 0 Å². The minimum Gasteiger partial charge on any atom is -0.484 e. The number of aryl methyl sites for hydroxylation is 1. The second kappa shape index (κ2) is 8.04. The van der Waals surface area contributed by atoms with E-state index in [2.05, 4.69) is 15.3 Å². The normalized spacial score (nSPS) is 10.7. The molecule has 0 saturated carbocycles. The highest BCUT2D eigenvalue weighted by Gasteiger charge is 2.11. The first kappa shape index (κ1) is 19.1. The number of carbonyl (C=O) groups excluding carboxylic acids is 1. The first-order valence-electron chi connectivity index (χ1n) is 9.22. The van der Waals surface area contributed by atoms with Crippen molar-refractivity contribution in [3.8, 4) is 17.1 Å². The van der Waals surface area contributed by atoms with Gasteiger partial charge in [-0.2, -0.15) is 0 Å². The van der Waals surface area contributed by atoms with Crippen LogP contribution in [0, 0.1) is 17.0 Å². The van der Waals surface area contributed by atoms with Crippen molar-refractivity contribution in [1.29, 1.82) is 0 Å². The molecule has 0 bridgehead atoms. The number of nitro benzene ring substituents is 1. The molecule has 4 aromatic rings. The zero-order valence-corrected chi connectivity index (χ0v) is 16.1. The summed E-state index contributed by atoms with van der Waals surface area (Å²) in [5.41, 5.74) is 3.87. The molecule has 0 atom stereocenters. The molecule has 0 aliphatic rings. The van der Waals surface area contributed by atoms with Crippen molar-refractivity contribution in [3.05, 3.63) is 82.4 Å². The molecule has 0 aliphatic heterocycles. The van der Waals surface area contributed by atoms with E-state index in [4.69, 9.17) is 4.74 Å². The molecule has 1 aromatic heterocycles. The van der Waals surface area contributed by atoms with Gasteiger partial charge in [0, 0.05) is 23.4 Å². The number of nitro groups is 1. The maximum atomic E-state index is 12.0. The molecule has 0 spiro atoms. The van der Waals surface area contributed by atoms with Gasteiger partial charge in [0.1, 0.15) is 11.6 Å². The maximum absolute atomic E-state index is 12.0. The summed E-state index contributed by atoms with van der Waals surface area (Å²) < 4.78 is 5.54. The number of nitrogens with zero attached hydrogens (tertiary/aromatic N) is 2. The smallest absolute Gasteiger partial charge is 0.271 e. The highest BCUT2D eigenvalue weighted by Crippen LogP contribution is 2.25. The van der Waals surface area contributed by atoms with Gasteiger partial charge >= 0.3 is 0 Å². The van der Waals surface area contributed by atoms with Gasteiger partial charge in [-0.3, -0.25) is 14.9 Å². The molecular weight excluding hydrogens is 384 g/mol. The van der Waals surface area contributed by atoms with E-state index in [1.165, 1.54) is 12.1 Å². The average molecular weight is 402 g/mol. The second-order valence-electron chi connectivity index (χ2n) is 6.77. The highest BCUT2D eigenvalue weighted by molar-refractivity contribution is 5.91. The molecule has 3 aromatic carbocycles. The first-order valence-corrected chi connectivity index (χ1v) is 9.22. The van der Waals surface area contributed by atoms with E-state index in [9.17, 15) is 14.9 Å². The Bertz CT molecular complexity index is 1210. The van der Waals surface area contributed by atoms with Crippen LogP contribution in [0.5, 0.6) is 5.75 Å². The number of imidazole rings is 1. The molecule has 150 valence electrons. The van der Waals surface area contributed by atoms with Gasteiger partial charge in [0.25, 0.3) is 11.6 Å². The van der Waals surface area contributed by atoms with E-state index in [0.29, 0.717) is 22.6 Å². The largest absolute Gasteiger partial charge is 0.484 e. The van der Waals surface area contributed by atoms with Crippen LogP contribution in [0.25, 0.3) is 22.4 Å². The Kier molecular flexibility index (Phi) is 5.13. The van der Waals surface area contributed by atoms with Crippen molar-refractivity contribution in [2.45, 2.75) is 6.92 Å². The highest BCUT2D eigenvalue weighted by atomic mass is 16.6. The number of aromatic amines is 1. The number of rotatable bonds is 6. The molecule has 0 radical (unpaired) electrons. The molecule has 0 saturated heterocycles. The zero-order chi connectivity index (χ0) is 21.1. The fourth-order valence-electron chi connectivity index (χ4n) is 2.94. The van der Waals surface area contributed by atoms with Gasteiger partial charge in [-0.05, 0) is 49.4 Å². The fraction of sp³-hybridized carbons (Fsp3) is 0.0909. The number of non-ortho nitro benzene ring substituents is 1. The number of carbonyl (C=O) groups is 1. The number of hydrogen-bond acceptors (Lipinski definition) is 5. The number of benzene rings is 3. The van der Waals surface area contributed by atoms with E-state index in [-0.39, 0.29) is 18.2 Å². The molecule has 0 unspecified atom stereocenters. The van der Waals surface area contributed by atoms with Crippen molar-refractivity contribution >= 4 is 28.3 Å². The van der Waals surface area contributed by atoms with Gasteiger partial charge in [0.15, 0.2) is 6.61 Å². The molecule has 1 heterocycles. The summed E-state index contributed by atoms with van der Waals surface area (Å²) in [6.07, 6.45) is 0. The minimum atomic E-state index is -0.443. The molecule has 4 rings (SSSR count). The number of hydrogen-bond donors (Lipinski definition) is 2. The fourth-order valence-corrected chi connectivity index (χ4v) is 2.94. The summed E-state index contributed by atoms with van der Waals surface area (Å²) in [5, 5.41) is 13.7. The maximum Gasteiger partial charge on any atom is 0.271 e. The van der Waals surface area contributed by atoms with Crippen LogP contribution in [-0.2, 0) is 4.79 Å². The van der Waals surface area contributed by atoms with E-state index >= 15 is 0 Å². The Morgan fingerprint density at radius 2 is 1.83 bits per heavy atom. The molecule has 0 aliphatic carbocycles. The van der Waals surface area contributed by atoms with Crippen LogP contribution in [0.2, 0.25) is 0 Å². The molecule has 8 nitrogen and oxygen atoms in total. The molecule has 0 fully saturated rings. The summed E-state index contributed by atoms with van der Waals surface area (Å²) in [7, 11) is 0. The predicted octanol–water partition coefficient (Wildman–Crippen LogP) is 4.46. The van der Waals surface area contributed by atoms with Gasteiger partial charge in [0.05, 0.1) is 16.0 Å². The van der Waals surface area contributed by atoms with Crippen molar-refractivity contribution < 1.29 is 14.5 Å². The molecule has 2 N–H and O–H groups in total. The van der Waals surface area contributed by atoms with Gasteiger partial charge in [-0.15, -0.1) is 0 Å². The van der Waals surface area contributed by atoms with Crippen LogP contribution in [0.4, 0.5) is 11.4 Å². The zero-order valence-electron chi connectivity index (χ0n) is 16.1. The third-order valence-corrected chi connectivity index (χ3v) is 4.51. The Balaban J connectivity index is 1.40. The summed E-state index contributed by atoms with van der Waals surface area (Å²) in [5.74, 6) is 0.889. The molecular formula is C22H18N4O4. The number of aromatic nitrogens is 2. The third kappa shape index (κ3) is 4.27. The number of amides is 1. The lowest BCUT2D eigenvalue weighted by molar-refractivity contribution is -0.384. The molecule has 8 heteroatoms. The topological polar surface area (TPSA) is 110 Å². The lowest BCUT2D eigenvalue weighted by Gasteiger charge is -2.08. The quantitative estimate of drug-likeness (QED) is 0.365. The standard InChI is InChI=1S/C22H18N4O4/c1-14-2-6-16(7-3-14)23-21(27)13-30-18-9-4-15(5-10-18)22-24-19-11-8-17(26(28)29)12-20(19)25-22/h2-12H,13H2,1H3,(H,23,27)(H,24,25). The first-order chi connectivity index (χ1) is 14.5. The van der Waals surface area contributed by atoms with Crippen LogP contribution in [0.15, 0.2) is 66.7 Å². The van der Waals surface area contributed by atoms with E-state index in [1.807, 2.05) is 31.2 Å². The van der Waals surface area contributed by atoms with Crippen molar-refractivity contribution in [2.24, 2.45) is 0 Å². The summed E-state index contributed by atoms with van der Waals surface area (Å²) in [6.45, 7) is 1.87.